The number of aromatic nitrogens is 4. The molecule has 0 saturated carbocycles. The quantitative estimate of drug-likeness (QED) is 0.469. The molecule has 8 nitrogen and oxygen atoms in total. The predicted molar refractivity (Wildman–Crippen MR) is 123 cm³/mol. The number of fused-ring (bicyclic) bond motifs is 1. The first-order valence-corrected chi connectivity index (χ1v) is 10.8. The van der Waals surface area contributed by atoms with Crippen LogP contribution in [0.25, 0.3) is 17.0 Å². The molecule has 0 radical (unpaired) electrons. The van der Waals surface area contributed by atoms with Crippen LogP contribution in [0.2, 0.25) is 0 Å². The second-order valence-corrected chi connectivity index (χ2v) is 7.92. The van der Waals surface area contributed by atoms with Gasteiger partial charge in [0.1, 0.15) is 17.8 Å². The summed E-state index contributed by atoms with van der Waals surface area (Å²) in [6.07, 6.45) is 5.03. The van der Waals surface area contributed by atoms with Crippen molar-refractivity contribution in [2.75, 3.05) is 23.8 Å². The molecular weight excluding hydrogens is 423 g/mol. The number of amides is 1. The molecule has 0 unspecified atom stereocenters. The normalized spacial score (nSPS) is 14.3. The number of anilines is 2. The maximum atomic E-state index is 13.8. The number of nitrogens with zero attached hydrogens (tertiary/aromatic N) is 4. The van der Waals surface area contributed by atoms with Crippen molar-refractivity contribution >= 4 is 28.4 Å². The summed E-state index contributed by atoms with van der Waals surface area (Å²) in [5.41, 5.74) is 2.60. The van der Waals surface area contributed by atoms with E-state index in [-0.39, 0.29) is 24.2 Å². The summed E-state index contributed by atoms with van der Waals surface area (Å²) in [6, 6.07) is 14.1. The molecule has 2 N–H and O–H groups in total. The van der Waals surface area contributed by atoms with E-state index < -0.39 is 0 Å². The molecule has 3 heterocycles. The van der Waals surface area contributed by atoms with Gasteiger partial charge in [-0.1, -0.05) is 30.3 Å². The average molecular weight is 446 g/mol. The van der Waals surface area contributed by atoms with Crippen LogP contribution in [0.3, 0.4) is 0 Å². The average Bonchev–Trinajstić information content (AvgIpc) is 3.24. The van der Waals surface area contributed by atoms with E-state index in [9.17, 15) is 9.18 Å². The van der Waals surface area contributed by atoms with Gasteiger partial charge in [-0.15, -0.1) is 0 Å². The summed E-state index contributed by atoms with van der Waals surface area (Å²) in [5.74, 6) is 0.308. The van der Waals surface area contributed by atoms with Crippen molar-refractivity contribution < 1.29 is 13.9 Å². The molecular formula is C24H23FN6O2. The Labute approximate surface area is 189 Å². The number of hydrogen-bond donors (Lipinski definition) is 2. The van der Waals surface area contributed by atoms with E-state index >= 15 is 0 Å². The van der Waals surface area contributed by atoms with E-state index in [2.05, 4.69) is 25.6 Å². The summed E-state index contributed by atoms with van der Waals surface area (Å²) in [6.45, 7) is 1.33. The van der Waals surface area contributed by atoms with Crippen LogP contribution in [0.4, 0.5) is 15.9 Å². The molecule has 168 valence electrons. The van der Waals surface area contributed by atoms with Gasteiger partial charge in [0.15, 0.2) is 5.82 Å². The Morgan fingerprint density at radius 2 is 1.94 bits per heavy atom. The maximum absolute atomic E-state index is 13.8. The number of hydrogen-bond acceptors (Lipinski definition) is 6. The Hall–Kier alpha value is -3.85. The Kier molecular flexibility index (Phi) is 5.95. The van der Waals surface area contributed by atoms with E-state index in [1.54, 1.807) is 23.2 Å². The van der Waals surface area contributed by atoms with E-state index in [0.29, 0.717) is 41.7 Å². The molecule has 0 atom stereocenters. The number of carbonyl (C=O) groups excluding carboxylic acids is 1. The first kappa shape index (κ1) is 21.0. The third-order valence-electron chi connectivity index (χ3n) is 5.54. The number of nitrogens with one attached hydrogen (secondary N) is 2. The van der Waals surface area contributed by atoms with Gasteiger partial charge in [-0.2, -0.15) is 4.98 Å². The monoisotopic (exact) mass is 446 g/mol. The van der Waals surface area contributed by atoms with Crippen LogP contribution < -0.4 is 10.6 Å². The van der Waals surface area contributed by atoms with Gasteiger partial charge in [0.2, 0.25) is 11.9 Å². The lowest BCUT2D eigenvalue weighted by atomic mass is 10.1. The van der Waals surface area contributed by atoms with Crippen molar-refractivity contribution in [2.24, 2.45) is 0 Å². The zero-order chi connectivity index (χ0) is 22.6. The van der Waals surface area contributed by atoms with Crippen LogP contribution in [-0.2, 0) is 16.0 Å². The highest BCUT2D eigenvalue weighted by molar-refractivity contribution is 5.94. The Morgan fingerprint density at radius 1 is 1.12 bits per heavy atom. The van der Waals surface area contributed by atoms with Crippen molar-refractivity contribution in [3.8, 4) is 5.95 Å². The zero-order valence-corrected chi connectivity index (χ0v) is 17.9. The molecule has 33 heavy (non-hydrogen) atoms. The summed E-state index contributed by atoms with van der Waals surface area (Å²) >= 11 is 0. The molecule has 1 fully saturated rings. The van der Waals surface area contributed by atoms with Gasteiger partial charge >= 0.3 is 0 Å². The highest BCUT2D eigenvalue weighted by atomic mass is 19.1. The molecule has 0 spiro atoms. The van der Waals surface area contributed by atoms with Crippen molar-refractivity contribution in [1.29, 1.82) is 0 Å². The van der Waals surface area contributed by atoms with Gasteiger partial charge in [-0.25, -0.2) is 14.4 Å². The number of rotatable bonds is 6. The molecule has 2 aromatic carbocycles. The van der Waals surface area contributed by atoms with Gasteiger partial charge in [0.05, 0.1) is 23.7 Å². The molecule has 1 saturated heterocycles. The van der Waals surface area contributed by atoms with Crippen molar-refractivity contribution in [3.05, 3.63) is 72.4 Å². The highest BCUT2D eigenvalue weighted by Crippen LogP contribution is 2.25. The topological polar surface area (TPSA) is 94.0 Å². The minimum atomic E-state index is -0.366. The Morgan fingerprint density at radius 3 is 2.76 bits per heavy atom. The molecule has 5 rings (SSSR count). The minimum Gasteiger partial charge on any atom is -0.381 e. The summed E-state index contributed by atoms with van der Waals surface area (Å²) in [5, 5.41) is 6.35. The molecule has 2 aromatic heterocycles. The van der Waals surface area contributed by atoms with Gasteiger partial charge in [-0.3, -0.25) is 9.36 Å². The van der Waals surface area contributed by atoms with Gasteiger partial charge in [0, 0.05) is 25.3 Å². The lowest BCUT2D eigenvalue weighted by molar-refractivity contribution is -0.115. The minimum absolute atomic E-state index is 0.156. The van der Waals surface area contributed by atoms with E-state index in [1.807, 2.05) is 30.3 Å². The van der Waals surface area contributed by atoms with Crippen molar-refractivity contribution in [2.45, 2.75) is 25.3 Å². The number of imidazole rings is 1. The molecule has 4 aromatic rings. The first-order valence-electron chi connectivity index (χ1n) is 10.8. The SMILES string of the molecule is O=C(Cc1ccccc1)Nc1cnc(-n2cnc3ccc(F)cc32)nc1NC1CCOCC1. The number of ether oxygens (including phenoxy) is 1. The summed E-state index contributed by atoms with van der Waals surface area (Å²) < 4.78 is 20.9. The number of carbonyl (C=O) groups is 1. The van der Waals surface area contributed by atoms with Crippen LogP contribution in [-0.4, -0.2) is 44.7 Å². The molecule has 1 aliphatic rings. The summed E-state index contributed by atoms with van der Waals surface area (Å²) in [4.78, 5) is 26.1. The van der Waals surface area contributed by atoms with Crippen LogP contribution in [0.5, 0.6) is 0 Å². The smallest absolute Gasteiger partial charge is 0.237 e. The number of benzene rings is 2. The largest absolute Gasteiger partial charge is 0.381 e. The molecule has 1 aliphatic heterocycles. The Bertz CT molecular complexity index is 1270. The second-order valence-electron chi connectivity index (χ2n) is 7.92. The lowest BCUT2D eigenvalue weighted by Gasteiger charge is -2.25. The maximum Gasteiger partial charge on any atom is 0.237 e. The molecule has 0 aliphatic carbocycles. The van der Waals surface area contributed by atoms with Gasteiger partial charge < -0.3 is 15.4 Å². The fourth-order valence-electron chi connectivity index (χ4n) is 3.84. The van der Waals surface area contributed by atoms with Crippen LogP contribution in [0.15, 0.2) is 61.1 Å². The highest BCUT2D eigenvalue weighted by Gasteiger charge is 2.19. The standard InChI is InChI=1S/C24H23FN6O2/c25-17-6-7-19-21(13-17)31(15-27-19)24-26-14-20(23(30-24)28-18-8-10-33-11-9-18)29-22(32)12-16-4-2-1-3-5-16/h1-7,13-15,18H,8-12H2,(H,29,32)(H,26,28,30). The van der Waals surface area contributed by atoms with E-state index in [1.165, 1.54) is 12.1 Å². The van der Waals surface area contributed by atoms with Crippen LogP contribution in [0.1, 0.15) is 18.4 Å². The van der Waals surface area contributed by atoms with Gasteiger partial charge in [0.25, 0.3) is 0 Å². The zero-order valence-electron chi connectivity index (χ0n) is 17.9. The van der Waals surface area contributed by atoms with Crippen molar-refractivity contribution in [3.63, 3.8) is 0 Å². The van der Waals surface area contributed by atoms with Crippen molar-refractivity contribution in [1.82, 2.24) is 19.5 Å². The molecule has 9 heteroatoms. The van der Waals surface area contributed by atoms with E-state index in [4.69, 9.17) is 4.74 Å². The lowest BCUT2D eigenvalue weighted by Crippen LogP contribution is -2.29. The van der Waals surface area contributed by atoms with E-state index in [0.717, 1.165) is 18.4 Å². The van der Waals surface area contributed by atoms with Gasteiger partial charge in [-0.05, 0) is 30.5 Å². The third kappa shape index (κ3) is 4.83. The molecule has 1 amide bonds. The predicted octanol–water partition coefficient (Wildman–Crippen LogP) is 3.73. The fourth-order valence-corrected chi connectivity index (χ4v) is 3.84. The third-order valence-corrected chi connectivity index (χ3v) is 5.54. The second kappa shape index (κ2) is 9.33. The Balaban J connectivity index is 1.45. The van der Waals surface area contributed by atoms with Crippen LogP contribution in [0, 0.1) is 5.82 Å². The first-order chi connectivity index (χ1) is 16.2. The van der Waals surface area contributed by atoms with Crippen LogP contribution >= 0.6 is 0 Å². The molecule has 0 bridgehead atoms. The fraction of sp³-hybridized carbons (Fsp3) is 0.250. The summed E-state index contributed by atoms with van der Waals surface area (Å²) in [7, 11) is 0. The number of halogens is 1.